The van der Waals surface area contributed by atoms with Crippen LogP contribution in [-0.2, 0) is 11.8 Å². The van der Waals surface area contributed by atoms with Crippen LogP contribution in [0.5, 0.6) is 0 Å². The van der Waals surface area contributed by atoms with E-state index in [0.29, 0.717) is 21.6 Å². The number of aromatic nitrogens is 3. The Balaban J connectivity index is 1.58. The summed E-state index contributed by atoms with van der Waals surface area (Å²) in [7, 11) is 1.80. The van der Waals surface area contributed by atoms with Crippen molar-refractivity contribution in [1.82, 2.24) is 20.1 Å². The highest BCUT2D eigenvalue weighted by Gasteiger charge is 2.20. The first kappa shape index (κ1) is 21.9. The summed E-state index contributed by atoms with van der Waals surface area (Å²) >= 11 is 7.36. The maximum Gasteiger partial charge on any atom is 0.253 e. The molecule has 0 spiro atoms. The van der Waals surface area contributed by atoms with Crippen molar-refractivity contribution in [1.29, 1.82) is 0 Å². The van der Waals surface area contributed by atoms with Crippen LogP contribution in [0.4, 0.5) is 5.69 Å². The zero-order chi connectivity index (χ0) is 21.7. The predicted molar refractivity (Wildman–Crippen MR) is 119 cm³/mol. The van der Waals surface area contributed by atoms with E-state index in [4.69, 9.17) is 11.6 Å². The molecule has 0 aliphatic carbocycles. The third-order valence-corrected chi connectivity index (χ3v) is 5.74. The van der Waals surface area contributed by atoms with Crippen LogP contribution >= 0.6 is 23.4 Å². The molecule has 3 aromatic rings. The molecule has 0 aliphatic heterocycles. The second-order valence-corrected chi connectivity index (χ2v) is 8.13. The number of anilines is 1. The van der Waals surface area contributed by atoms with Crippen molar-refractivity contribution in [3.8, 4) is 0 Å². The molecule has 2 aromatic carbocycles. The molecule has 156 valence electrons. The minimum atomic E-state index is -0.387. The minimum Gasteiger partial charge on any atom is -0.342 e. The van der Waals surface area contributed by atoms with Gasteiger partial charge in [0.05, 0.1) is 22.4 Å². The average molecular weight is 444 g/mol. The molecule has 0 fully saturated rings. The number of nitrogens with one attached hydrogen (secondary N) is 2. The van der Waals surface area contributed by atoms with Crippen molar-refractivity contribution in [3.63, 3.8) is 0 Å². The normalized spacial score (nSPS) is 11.7. The van der Waals surface area contributed by atoms with Crippen molar-refractivity contribution in [2.45, 2.75) is 25.0 Å². The first-order valence-corrected chi connectivity index (χ1v) is 10.7. The van der Waals surface area contributed by atoms with E-state index in [1.54, 1.807) is 35.9 Å². The molecule has 7 nitrogen and oxygen atoms in total. The number of carbonyl (C=O) groups excluding carboxylic acids is 2. The highest BCUT2D eigenvalue weighted by molar-refractivity contribution is 7.99. The number of rotatable bonds is 7. The fourth-order valence-electron chi connectivity index (χ4n) is 2.78. The molecule has 1 unspecified atom stereocenters. The van der Waals surface area contributed by atoms with Crippen LogP contribution in [0.25, 0.3) is 0 Å². The third-order valence-electron chi connectivity index (χ3n) is 4.39. The second kappa shape index (κ2) is 9.77. The number of nitrogens with zero attached hydrogens (tertiary/aromatic N) is 3. The zero-order valence-corrected chi connectivity index (χ0v) is 18.4. The molecule has 30 heavy (non-hydrogen) atoms. The number of amides is 2. The van der Waals surface area contributed by atoms with E-state index in [1.165, 1.54) is 11.8 Å². The van der Waals surface area contributed by atoms with Crippen molar-refractivity contribution < 1.29 is 9.59 Å². The molecule has 0 saturated heterocycles. The molecule has 0 bridgehead atoms. The lowest BCUT2D eigenvalue weighted by molar-refractivity contribution is -0.113. The Morgan fingerprint density at radius 1 is 1.13 bits per heavy atom. The first-order valence-electron chi connectivity index (χ1n) is 9.29. The lowest BCUT2D eigenvalue weighted by Crippen LogP contribution is -2.28. The van der Waals surface area contributed by atoms with Gasteiger partial charge in [-0.05, 0) is 38.1 Å². The minimum absolute atomic E-state index is 0.131. The van der Waals surface area contributed by atoms with E-state index in [9.17, 15) is 9.59 Å². The van der Waals surface area contributed by atoms with Gasteiger partial charge < -0.3 is 15.2 Å². The summed E-state index contributed by atoms with van der Waals surface area (Å²) in [6.07, 6.45) is 0. The third kappa shape index (κ3) is 5.40. The molecule has 0 aliphatic rings. The average Bonchev–Trinajstić information content (AvgIpc) is 3.09. The molecule has 9 heteroatoms. The molecular formula is C21H22ClN5O2S. The number of hydrogen-bond acceptors (Lipinski definition) is 5. The molecule has 1 heterocycles. The van der Waals surface area contributed by atoms with Crippen molar-refractivity contribution in [3.05, 3.63) is 70.5 Å². The number of thioether (sulfide) groups is 1. The van der Waals surface area contributed by atoms with E-state index in [1.807, 2.05) is 38.1 Å². The van der Waals surface area contributed by atoms with Gasteiger partial charge in [-0.15, -0.1) is 10.2 Å². The molecule has 0 radical (unpaired) electrons. The quantitative estimate of drug-likeness (QED) is 0.539. The van der Waals surface area contributed by atoms with Crippen LogP contribution in [0.3, 0.4) is 0 Å². The summed E-state index contributed by atoms with van der Waals surface area (Å²) in [6, 6.07) is 14.1. The summed E-state index contributed by atoms with van der Waals surface area (Å²) in [6.45, 7) is 3.81. The van der Waals surface area contributed by atoms with Gasteiger partial charge >= 0.3 is 0 Å². The number of hydrogen-bond donors (Lipinski definition) is 2. The lowest BCUT2D eigenvalue weighted by atomic mass is 10.2. The SMILES string of the molecule is Cc1ccc(NC(=O)CSc2nnc(C(C)NC(=O)c3ccccc3Cl)n2C)cc1. The summed E-state index contributed by atoms with van der Waals surface area (Å²) < 4.78 is 1.77. The highest BCUT2D eigenvalue weighted by atomic mass is 35.5. The molecule has 2 N–H and O–H groups in total. The summed E-state index contributed by atoms with van der Waals surface area (Å²) in [4.78, 5) is 24.7. The Morgan fingerprint density at radius 2 is 1.83 bits per heavy atom. The summed E-state index contributed by atoms with van der Waals surface area (Å²) in [5.74, 6) is 0.355. The maximum absolute atomic E-state index is 12.5. The summed E-state index contributed by atoms with van der Waals surface area (Å²) in [5.41, 5.74) is 2.28. The molecular weight excluding hydrogens is 422 g/mol. The van der Waals surface area contributed by atoms with Crippen LogP contribution < -0.4 is 10.6 Å². The van der Waals surface area contributed by atoms with Gasteiger partial charge in [-0.25, -0.2) is 0 Å². The smallest absolute Gasteiger partial charge is 0.253 e. The molecule has 2 amide bonds. The van der Waals surface area contributed by atoms with Crippen molar-refractivity contribution >= 4 is 40.9 Å². The van der Waals surface area contributed by atoms with Crippen LogP contribution in [0.1, 0.15) is 34.7 Å². The Labute approximate surface area is 184 Å². The van der Waals surface area contributed by atoms with Gasteiger partial charge in [0.1, 0.15) is 0 Å². The Hall–Kier alpha value is -2.84. The Morgan fingerprint density at radius 3 is 2.53 bits per heavy atom. The van der Waals surface area contributed by atoms with E-state index in [0.717, 1.165) is 11.3 Å². The van der Waals surface area contributed by atoms with E-state index in [2.05, 4.69) is 20.8 Å². The van der Waals surface area contributed by atoms with Gasteiger partial charge in [0, 0.05) is 12.7 Å². The number of carbonyl (C=O) groups is 2. The topological polar surface area (TPSA) is 88.9 Å². The van der Waals surface area contributed by atoms with Gasteiger partial charge in [0.25, 0.3) is 5.91 Å². The van der Waals surface area contributed by atoms with Crippen LogP contribution in [0.15, 0.2) is 53.7 Å². The van der Waals surface area contributed by atoms with Crippen molar-refractivity contribution in [2.75, 3.05) is 11.1 Å². The highest BCUT2D eigenvalue weighted by Crippen LogP contribution is 2.21. The molecule has 1 atom stereocenters. The Bertz CT molecular complexity index is 1050. The molecule has 0 saturated carbocycles. The van der Waals surface area contributed by atoms with Crippen LogP contribution in [-0.4, -0.2) is 32.3 Å². The standard InChI is InChI=1S/C21H22ClN5O2S/c1-13-8-10-15(11-9-13)24-18(28)12-30-21-26-25-19(27(21)3)14(2)23-20(29)16-6-4-5-7-17(16)22/h4-11,14H,12H2,1-3H3,(H,23,29)(H,24,28). The first-order chi connectivity index (χ1) is 14.3. The monoisotopic (exact) mass is 443 g/mol. The number of aryl methyl sites for hydroxylation is 1. The van der Waals surface area contributed by atoms with Gasteiger partial charge in [0.2, 0.25) is 5.91 Å². The van der Waals surface area contributed by atoms with Gasteiger partial charge in [-0.2, -0.15) is 0 Å². The maximum atomic E-state index is 12.5. The predicted octanol–water partition coefficient (Wildman–Crippen LogP) is 4.00. The lowest BCUT2D eigenvalue weighted by Gasteiger charge is -2.14. The van der Waals surface area contributed by atoms with E-state index < -0.39 is 0 Å². The zero-order valence-electron chi connectivity index (χ0n) is 16.8. The van der Waals surface area contributed by atoms with Gasteiger partial charge in [0.15, 0.2) is 11.0 Å². The van der Waals surface area contributed by atoms with Crippen LogP contribution in [0, 0.1) is 6.92 Å². The van der Waals surface area contributed by atoms with Gasteiger partial charge in [-0.3, -0.25) is 9.59 Å². The Kier molecular flexibility index (Phi) is 7.12. The number of benzene rings is 2. The fraction of sp³-hybridized carbons (Fsp3) is 0.238. The van der Waals surface area contributed by atoms with Gasteiger partial charge in [-0.1, -0.05) is 53.2 Å². The largest absolute Gasteiger partial charge is 0.342 e. The molecule has 1 aromatic heterocycles. The van der Waals surface area contributed by atoms with Crippen molar-refractivity contribution in [2.24, 2.45) is 7.05 Å². The molecule has 3 rings (SSSR count). The van der Waals surface area contributed by atoms with E-state index in [-0.39, 0.29) is 23.6 Å². The fourth-order valence-corrected chi connectivity index (χ4v) is 3.72. The summed E-state index contributed by atoms with van der Waals surface area (Å²) in [5, 5.41) is 15.0. The van der Waals surface area contributed by atoms with Crippen LogP contribution in [0.2, 0.25) is 5.02 Å². The van der Waals surface area contributed by atoms with E-state index >= 15 is 0 Å². The number of halogens is 1. The second-order valence-electron chi connectivity index (χ2n) is 6.78.